The fourth-order valence-electron chi connectivity index (χ4n) is 3.95. The van der Waals surface area contributed by atoms with E-state index in [1.54, 1.807) is 6.33 Å². The van der Waals surface area contributed by atoms with Crippen LogP contribution < -0.4 is 4.90 Å². The van der Waals surface area contributed by atoms with Crippen molar-refractivity contribution in [2.24, 2.45) is 0 Å². The van der Waals surface area contributed by atoms with Crippen molar-refractivity contribution in [2.45, 2.75) is 31.8 Å². The van der Waals surface area contributed by atoms with Gasteiger partial charge in [0.25, 0.3) is 5.71 Å². The van der Waals surface area contributed by atoms with Gasteiger partial charge in [-0.25, -0.2) is 4.98 Å². The third kappa shape index (κ3) is 2.01. The lowest BCUT2D eigenvalue weighted by Gasteiger charge is -2.44. The summed E-state index contributed by atoms with van der Waals surface area (Å²) in [4.78, 5) is 12.4. The van der Waals surface area contributed by atoms with Gasteiger partial charge >= 0.3 is 0 Å². The summed E-state index contributed by atoms with van der Waals surface area (Å²) in [7, 11) is 0. The van der Waals surface area contributed by atoms with Crippen LogP contribution in [0.25, 0.3) is 11.1 Å². The van der Waals surface area contributed by atoms with E-state index in [1.165, 1.54) is 10.4 Å². The van der Waals surface area contributed by atoms with Gasteiger partial charge in [-0.15, -0.1) is 11.3 Å². The van der Waals surface area contributed by atoms with Crippen LogP contribution in [-0.4, -0.2) is 34.8 Å². The Morgan fingerprint density at radius 2 is 2.12 bits per heavy atom. The molecule has 1 spiro atoms. The Balaban J connectivity index is 1.46. The summed E-state index contributed by atoms with van der Waals surface area (Å²) < 4.78 is 11.6. The second-order valence-corrected chi connectivity index (χ2v) is 7.42. The molecule has 0 unspecified atom stereocenters. The molecule has 5 heterocycles. The van der Waals surface area contributed by atoms with Crippen molar-refractivity contribution in [1.82, 2.24) is 15.1 Å². The van der Waals surface area contributed by atoms with E-state index in [1.807, 2.05) is 18.3 Å². The van der Waals surface area contributed by atoms with Crippen LogP contribution >= 0.6 is 11.3 Å². The fraction of sp³-hybridized carbons (Fsp3) is 0.471. The molecule has 1 saturated heterocycles. The molecule has 3 aromatic rings. The number of hydrogen-bond donors (Lipinski definition) is 0. The van der Waals surface area contributed by atoms with Crippen LogP contribution in [0.3, 0.4) is 0 Å². The second kappa shape index (κ2) is 5.26. The molecule has 2 aliphatic heterocycles. The predicted molar refractivity (Wildman–Crippen MR) is 91.4 cm³/mol. The molecule has 0 radical (unpaired) electrons. The van der Waals surface area contributed by atoms with E-state index in [0.29, 0.717) is 5.71 Å². The summed E-state index contributed by atoms with van der Waals surface area (Å²) in [6.45, 7) is 4.58. The van der Waals surface area contributed by atoms with Gasteiger partial charge in [0.1, 0.15) is 23.1 Å². The number of hydrogen-bond acceptors (Lipinski definition) is 7. The van der Waals surface area contributed by atoms with Gasteiger partial charge in [0.15, 0.2) is 0 Å². The molecule has 5 rings (SSSR count). The molecule has 24 heavy (non-hydrogen) atoms. The van der Waals surface area contributed by atoms with Gasteiger partial charge in [-0.3, -0.25) is 0 Å². The minimum absolute atomic E-state index is 0.103. The number of fused-ring (bicyclic) bond motifs is 3. The molecule has 7 heteroatoms. The van der Waals surface area contributed by atoms with Crippen molar-refractivity contribution in [2.75, 3.05) is 24.6 Å². The topological polar surface area (TPSA) is 64.3 Å². The first-order chi connectivity index (χ1) is 11.8. The largest absolute Gasteiger partial charge is 0.369 e. The minimum atomic E-state index is -0.103. The van der Waals surface area contributed by atoms with Crippen molar-refractivity contribution >= 4 is 28.3 Å². The van der Waals surface area contributed by atoms with Gasteiger partial charge in [-0.2, -0.15) is 4.98 Å². The standard InChI is InChI=1S/C17H18N4O2S/c1-11-13-15(18-10-19-16(13)23-20-11)21-6-4-17(5-7-21)14-12(2-8-22-17)3-9-24-14/h3,9-10H,2,4-8H2,1H3. The van der Waals surface area contributed by atoms with Gasteiger partial charge in [0.2, 0.25) is 0 Å². The van der Waals surface area contributed by atoms with E-state index in [-0.39, 0.29) is 5.60 Å². The molecule has 0 amide bonds. The highest BCUT2D eigenvalue weighted by Gasteiger charge is 2.42. The molecule has 6 nitrogen and oxygen atoms in total. The molecular formula is C17H18N4O2S. The Hall–Kier alpha value is -1.99. The van der Waals surface area contributed by atoms with Gasteiger partial charge in [-0.05, 0) is 43.2 Å². The molecule has 0 aromatic carbocycles. The van der Waals surface area contributed by atoms with Crippen LogP contribution in [-0.2, 0) is 16.8 Å². The summed E-state index contributed by atoms with van der Waals surface area (Å²) in [5.41, 5.74) is 2.77. The fourth-order valence-corrected chi connectivity index (χ4v) is 5.12. The highest BCUT2D eigenvalue weighted by atomic mass is 32.1. The molecule has 0 bridgehead atoms. The van der Waals surface area contributed by atoms with Crippen LogP contribution in [0.1, 0.15) is 29.0 Å². The summed E-state index contributed by atoms with van der Waals surface area (Å²) in [6, 6.07) is 2.26. The number of anilines is 1. The van der Waals surface area contributed by atoms with Crippen molar-refractivity contribution < 1.29 is 9.26 Å². The molecule has 3 aromatic heterocycles. The molecule has 0 saturated carbocycles. The first-order valence-electron chi connectivity index (χ1n) is 8.30. The second-order valence-electron chi connectivity index (χ2n) is 6.50. The molecule has 0 aliphatic carbocycles. The third-order valence-corrected chi connectivity index (χ3v) is 6.35. The van der Waals surface area contributed by atoms with Gasteiger partial charge in [0.05, 0.1) is 12.3 Å². The monoisotopic (exact) mass is 342 g/mol. The van der Waals surface area contributed by atoms with Crippen molar-refractivity contribution in [3.8, 4) is 0 Å². The quantitative estimate of drug-likeness (QED) is 0.677. The maximum Gasteiger partial charge on any atom is 0.263 e. The van der Waals surface area contributed by atoms with Crippen LogP contribution in [0.15, 0.2) is 22.3 Å². The highest BCUT2D eigenvalue weighted by Crippen LogP contribution is 2.45. The maximum absolute atomic E-state index is 6.29. The normalized spacial score (nSPS) is 19.8. The van der Waals surface area contributed by atoms with Crippen molar-refractivity contribution in [3.05, 3.63) is 33.9 Å². The number of aryl methyl sites for hydroxylation is 1. The zero-order valence-corrected chi connectivity index (χ0v) is 14.3. The molecular weight excluding hydrogens is 324 g/mol. The molecule has 0 N–H and O–H groups in total. The van der Waals surface area contributed by atoms with Crippen LogP contribution in [0.5, 0.6) is 0 Å². The average Bonchev–Trinajstić information content (AvgIpc) is 3.24. The summed E-state index contributed by atoms with van der Waals surface area (Å²) >= 11 is 1.84. The molecule has 1 fully saturated rings. The summed E-state index contributed by atoms with van der Waals surface area (Å²) in [6.07, 6.45) is 4.56. The Morgan fingerprint density at radius 3 is 3.00 bits per heavy atom. The van der Waals surface area contributed by atoms with Crippen LogP contribution in [0.2, 0.25) is 0 Å². The molecule has 0 atom stereocenters. The first-order valence-corrected chi connectivity index (χ1v) is 9.17. The molecule has 2 aliphatic rings. The van der Waals surface area contributed by atoms with Crippen LogP contribution in [0.4, 0.5) is 5.82 Å². The number of thiophene rings is 1. The van der Waals surface area contributed by atoms with Crippen LogP contribution in [0, 0.1) is 6.92 Å². The number of ether oxygens (including phenoxy) is 1. The Morgan fingerprint density at radius 1 is 1.25 bits per heavy atom. The lowest BCUT2D eigenvalue weighted by Crippen LogP contribution is -2.46. The summed E-state index contributed by atoms with van der Waals surface area (Å²) in [5.74, 6) is 0.927. The zero-order chi connectivity index (χ0) is 16.1. The van der Waals surface area contributed by atoms with E-state index in [4.69, 9.17) is 9.26 Å². The number of piperidine rings is 1. The number of aromatic nitrogens is 3. The SMILES string of the molecule is Cc1noc2ncnc(N3CCC4(CC3)OCCc3ccsc34)c12. The van der Waals surface area contributed by atoms with Gasteiger partial charge < -0.3 is 14.2 Å². The van der Waals surface area contributed by atoms with E-state index in [0.717, 1.165) is 55.9 Å². The minimum Gasteiger partial charge on any atom is -0.369 e. The average molecular weight is 342 g/mol. The van der Waals surface area contributed by atoms with E-state index >= 15 is 0 Å². The predicted octanol–water partition coefficient (Wildman–Crippen LogP) is 3.06. The zero-order valence-electron chi connectivity index (χ0n) is 13.5. The highest BCUT2D eigenvalue weighted by molar-refractivity contribution is 7.10. The Labute approximate surface area is 143 Å². The smallest absolute Gasteiger partial charge is 0.263 e. The maximum atomic E-state index is 6.29. The molecule has 124 valence electrons. The Kier molecular flexibility index (Phi) is 3.14. The van der Waals surface area contributed by atoms with Gasteiger partial charge in [-0.1, -0.05) is 5.16 Å². The van der Waals surface area contributed by atoms with Crippen molar-refractivity contribution in [1.29, 1.82) is 0 Å². The van der Waals surface area contributed by atoms with Gasteiger partial charge in [0, 0.05) is 18.0 Å². The summed E-state index contributed by atoms with van der Waals surface area (Å²) in [5, 5.41) is 7.15. The Bertz CT molecular complexity index is 895. The lowest BCUT2D eigenvalue weighted by atomic mass is 9.85. The van der Waals surface area contributed by atoms with E-state index in [9.17, 15) is 0 Å². The van der Waals surface area contributed by atoms with E-state index < -0.39 is 0 Å². The number of nitrogens with zero attached hydrogens (tertiary/aromatic N) is 4. The first kappa shape index (κ1) is 14.4. The third-order valence-electron chi connectivity index (χ3n) is 5.20. The lowest BCUT2D eigenvalue weighted by molar-refractivity contribution is -0.0735. The number of rotatable bonds is 1. The van der Waals surface area contributed by atoms with E-state index in [2.05, 4.69) is 31.5 Å². The van der Waals surface area contributed by atoms with Crippen molar-refractivity contribution in [3.63, 3.8) is 0 Å².